The van der Waals surface area contributed by atoms with Crippen molar-refractivity contribution in [1.29, 1.82) is 0 Å². The molecule has 0 saturated carbocycles. The van der Waals surface area contributed by atoms with Gasteiger partial charge in [0.05, 0.1) is 13.4 Å². The number of carbonyl (C=O) groups is 1. The summed E-state index contributed by atoms with van der Waals surface area (Å²) in [4.78, 5) is 10.2. The van der Waals surface area contributed by atoms with Gasteiger partial charge in [0.15, 0.2) is 0 Å². The zero-order valence-corrected chi connectivity index (χ0v) is 9.51. The summed E-state index contributed by atoms with van der Waals surface area (Å²) in [5.74, 6) is -0.347. The number of benzene rings is 1. The van der Waals surface area contributed by atoms with Gasteiger partial charge >= 0.3 is 5.97 Å². The van der Waals surface area contributed by atoms with Crippen molar-refractivity contribution in [3.63, 3.8) is 0 Å². The summed E-state index contributed by atoms with van der Waals surface area (Å²) in [5.41, 5.74) is 1.45. The van der Waals surface area contributed by atoms with Crippen LogP contribution in [-0.4, -0.2) is 18.2 Å². The van der Waals surface area contributed by atoms with Crippen LogP contribution < -0.4 is 0 Å². The Labute approximate surface area is 95.7 Å². The van der Waals surface area contributed by atoms with Gasteiger partial charge in [-0.3, -0.25) is 0 Å². The molecule has 0 atom stereocenters. The minimum Gasteiger partial charge on any atom is -0.516 e. The van der Waals surface area contributed by atoms with Crippen LogP contribution >= 0.6 is 0 Å². The predicted octanol–water partition coefficient (Wildman–Crippen LogP) is 2.95. The molecule has 0 saturated heterocycles. The van der Waals surface area contributed by atoms with Gasteiger partial charge in [0.2, 0.25) is 0 Å². The lowest BCUT2D eigenvalue weighted by Gasteiger charge is -1.91. The molecule has 0 amide bonds. The van der Waals surface area contributed by atoms with Crippen molar-refractivity contribution in [2.75, 3.05) is 7.11 Å². The number of aliphatic hydroxyl groups is 1. The van der Waals surface area contributed by atoms with Crippen molar-refractivity contribution >= 4 is 12.0 Å². The third-order valence-electron chi connectivity index (χ3n) is 1.60. The van der Waals surface area contributed by atoms with E-state index in [9.17, 15) is 4.79 Å². The maximum atomic E-state index is 10.2. The highest BCUT2D eigenvalue weighted by Crippen LogP contribution is 1.98. The molecule has 86 valence electrons. The molecule has 0 spiro atoms. The van der Waals surface area contributed by atoms with E-state index in [0.717, 1.165) is 11.8 Å². The van der Waals surface area contributed by atoms with Crippen LogP contribution in [0.2, 0.25) is 0 Å². The van der Waals surface area contributed by atoms with Gasteiger partial charge in [-0.25, -0.2) is 4.79 Å². The first kappa shape index (κ1) is 14.0. The fraction of sp³-hybridized carbons (Fsp3) is 0.154. The number of ether oxygens (including phenoxy) is 1. The molecular weight excluding hydrogens is 204 g/mol. The summed E-state index contributed by atoms with van der Waals surface area (Å²) >= 11 is 0. The van der Waals surface area contributed by atoms with Gasteiger partial charge in [0.1, 0.15) is 0 Å². The van der Waals surface area contributed by atoms with Crippen molar-refractivity contribution in [3.05, 3.63) is 54.3 Å². The van der Waals surface area contributed by atoms with E-state index in [2.05, 4.69) is 11.3 Å². The number of esters is 1. The van der Waals surface area contributed by atoms with Crippen LogP contribution in [0.4, 0.5) is 0 Å². The smallest absolute Gasteiger partial charge is 0.332 e. The number of aliphatic hydroxyl groups excluding tert-OH is 1. The van der Waals surface area contributed by atoms with Crippen LogP contribution in [0.1, 0.15) is 12.5 Å². The molecule has 3 nitrogen and oxygen atoms in total. The molecule has 0 aliphatic heterocycles. The summed E-state index contributed by atoms with van der Waals surface area (Å²) in [6, 6.07) is 9.64. The average molecular weight is 220 g/mol. The summed E-state index contributed by atoms with van der Waals surface area (Å²) in [6.45, 7) is 4.95. The molecule has 0 bridgehead atoms. The lowest BCUT2D eigenvalue weighted by atomic mass is 10.2. The van der Waals surface area contributed by atoms with Gasteiger partial charge in [-0.15, -0.1) is 0 Å². The molecule has 0 radical (unpaired) electrons. The highest BCUT2D eigenvalue weighted by Gasteiger charge is 1.95. The first-order valence-electron chi connectivity index (χ1n) is 4.71. The maximum Gasteiger partial charge on any atom is 0.332 e. The molecule has 0 heterocycles. The highest BCUT2D eigenvalue weighted by molar-refractivity contribution is 5.86. The zero-order valence-electron chi connectivity index (χ0n) is 9.51. The van der Waals surface area contributed by atoms with Gasteiger partial charge in [0, 0.05) is 5.57 Å². The maximum absolute atomic E-state index is 10.2. The lowest BCUT2D eigenvalue weighted by molar-refractivity contribution is -0.136. The quantitative estimate of drug-likeness (QED) is 0.473. The van der Waals surface area contributed by atoms with E-state index in [1.165, 1.54) is 7.11 Å². The summed E-state index contributed by atoms with van der Waals surface area (Å²) in [5, 5.41) is 8.34. The minimum absolute atomic E-state index is 0.347. The van der Waals surface area contributed by atoms with E-state index < -0.39 is 0 Å². The second-order valence-electron chi connectivity index (χ2n) is 3.00. The van der Waals surface area contributed by atoms with Crippen molar-refractivity contribution < 1.29 is 14.6 Å². The molecule has 0 unspecified atom stereocenters. The highest BCUT2D eigenvalue weighted by atomic mass is 16.5. The van der Waals surface area contributed by atoms with Gasteiger partial charge in [-0.05, 0) is 18.6 Å². The Kier molecular flexibility index (Phi) is 7.24. The number of carbonyl (C=O) groups excluding carboxylic acids is 1. The van der Waals surface area contributed by atoms with E-state index in [0.29, 0.717) is 5.57 Å². The third-order valence-corrected chi connectivity index (χ3v) is 1.60. The largest absolute Gasteiger partial charge is 0.516 e. The van der Waals surface area contributed by atoms with Gasteiger partial charge in [-0.1, -0.05) is 36.9 Å². The third kappa shape index (κ3) is 6.43. The SMILES string of the molecule is C=C(C)C(=O)OC.OC=Cc1ccccc1. The lowest BCUT2D eigenvalue weighted by Crippen LogP contribution is -1.98. The second kappa shape index (κ2) is 8.29. The number of rotatable bonds is 2. The Bertz CT molecular complexity index is 353. The summed E-state index contributed by atoms with van der Waals surface area (Å²) in [7, 11) is 1.33. The Balaban J connectivity index is 0.000000293. The molecule has 0 aromatic heterocycles. The molecule has 1 N–H and O–H groups in total. The topological polar surface area (TPSA) is 46.5 Å². The van der Waals surface area contributed by atoms with Gasteiger partial charge in [-0.2, -0.15) is 0 Å². The molecule has 16 heavy (non-hydrogen) atoms. The standard InChI is InChI=1S/C8H8O.C5H8O2/c9-7-6-8-4-2-1-3-5-8;1-4(2)5(6)7-3/h1-7,9H;1H2,2-3H3. The normalized spacial score (nSPS) is 9.12. The van der Waals surface area contributed by atoms with Crippen molar-refractivity contribution in [2.24, 2.45) is 0 Å². The van der Waals surface area contributed by atoms with Gasteiger partial charge < -0.3 is 9.84 Å². The molecule has 3 heteroatoms. The van der Waals surface area contributed by atoms with Crippen LogP contribution in [0.15, 0.2) is 48.7 Å². The van der Waals surface area contributed by atoms with E-state index in [-0.39, 0.29) is 5.97 Å². The van der Waals surface area contributed by atoms with Crippen molar-refractivity contribution in [2.45, 2.75) is 6.92 Å². The predicted molar refractivity (Wildman–Crippen MR) is 64.9 cm³/mol. The fourth-order valence-electron chi connectivity index (χ4n) is 0.824. The van der Waals surface area contributed by atoms with Gasteiger partial charge in [0.25, 0.3) is 0 Å². The monoisotopic (exact) mass is 220 g/mol. The molecule has 0 aliphatic carbocycles. The Morgan fingerprint density at radius 2 is 1.94 bits per heavy atom. The molecular formula is C13H16O3. The molecule has 1 aromatic rings. The van der Waals surface area contributed by atoms with E-state index >= 15 is 0 Å². The second-order valence-corrected chi connectivity index (χ2v) is 3.00. The minimum atomic E-state index is -0.347. The molecule has 0 fully saturated rings. The Hall–Kier alpha value is -2.03. The van der Waals surface area contributed by atoms with E-state index in [4.69, 9.17) is 5.11 Å². The van der Waals surface area contributed by atoms with Crippen LogP contribution in [0, 0.1) is 0 Å². The Morgan fingerprint density at radius 1 is 1.38 bits per heavy atom. The first-order chi connectivity index (χ1) is 7.61. The zero-order chi connectivity index (χ0) is 12.4. The molecule has 0 aliphatic rings. The summed E-state index contributed by atoms with van der Waals surface area (Å²) in [6.07, 6.45) is 2.68. The van der Waals surface area contributed by atoms with Crippen molar-refractivity contribution in [1.82, 2.24) is 0 Å². The number of hydrogen-bond donors (Lipinski definition) is 1. The van der Waals surface area contributed by atoms with E-state index in [1.807, 2.05) is 30.3 Å². The van der Waals surface area contributed by atoms with Crippen molar-refractivity contribution in [3.8, 4) is 0 Å². The van der Waals surface area contributed by atoms with E-state index in [1.54, 1.807) is 13.0 Å². The molecule has 1 aromatic carbocycles. The first-order valence-corrected chi connectivity index (χ1v) is 4.71. The van der Waals surface area contributed by atoms with Crippen LogP contribution in [-0.2, 0) is 9.53 Å². The number of hydrogen-bond acceptors (Lipinski definition) is 3. The van der Waals surface area contributed by atoms with Crippen LogP contribution in [0.25, 0.3) is 6.08 Å². The number of methoxy groups -OCH3 is 1. The fourth-order valence-corrected chi connectivity index (χ4v) is 0.824. The average Bonchev–Trinajstić information content (AvgIpc) is 2.30. The van der Waals surface area contributed by atoms with Crippen LogP contribution in [0.5, 0.6) is 0 Å². The Morgan fingerprint density at radius 3 is 2.25 bits per heavy atom. The van der Waals surface area contributed by atoms with Crippen LogP contribution in [0.3, 0.4) is 0 Å². The molecule has 1 rings (SSSR count). The summed E-state index contributed by atoms with van der Waals surface area (Å²) < 4.78 is 4.27.